The number of β-lactam (4-membered cyclic amide) rings is 1. The van der Waals surface area contributed by atoms with Crippen LogP contribution in [0.15, 0.2) is 48.5 Å². The second-order valence-corrected chi connectivity index (χ2v) is 5.95. The van der Waals surface area contributed by atoms with Crippen LogP contribution < -0.4 is 4.90 Å². The number of ketones is 1. The first-order valence-corrected chi connectivity index (χ1v) is 7.71. The molecule has 1 heterocycles. The van der Waals surface area contributed by atoms with Gasteiger partial charge in [-0.2, -0.15) is 0 Å². The van der Waals surface area contributed by atoms with Crippen LogP contribution in [0.5, 0.6) is 0 Å². The van der Waals surface area contributed by atoms with E-state index in [1.165, 1.54) is 24.3 Å². The highest BCUT2D eigenvalue weighted by molar-refractivity contribution is 6.02. The average Bonchev–Trinajstić information content (AvgIpc) is 2.55. The maximum absolute atomic E-state index is 12.8. The minimum Gasteiger partial charge on any atom is -0.311 e. The second-order valence-electron chi connectivity index (χ2n) is 5.95. The van der Waals surface area contributed by atoms with E-state index in [4.69, 9.17) is 0 Å². The lowest BCUT2D eigenvalue weighted by Crippen LogP contribution is -2.52. The van der Waals surface area contributed by atoms with E-state index < -0.39 is 0 Å². The molecule has 23 heavy (non-hydrogen) atoms. The first-order chi connectivity index (χ1) is 11.0. The van der Waals surface area contributed by atoms with Crippen LogP contribution in [0.1, 0.15) is 28.8 Å². The van der Waals surface area contributed by atoms with Crippen LogP contribution in [-0.2, 0) is 4.79 Å². The third-order valence-corrected chi connectivity index (χ3v) is 4.25. The number of anilines is 1. The Morgan fingerprint density at radius 1 is 1.13 bits per heavy atom. The molecule has 0 radical (unpaired) electrons. The summed E-state index contributed by atoms with van der Waals surface area (Å²) in [4.78, 5) is 26.0. The quantitative estimate of drug-likeness (QED) is 0.623. The Labute approximate surface area is 134 Å². The normalized spacial score (nSPS) is 17.0. The second kappa shape index (κ2) is 6.32. The first kappa shape index (κ1) is 15.4. The lowest BCUT2D eigenvalue weighted by molar-refractivity contribution is -0.127. The molecule has 0 bridgehead atoms. The molecule has 3 rings (SSSR count). The minimum absolute atomic E-state index is 0.0495. The number of amides is 1. The van der Waals surface area contributed by atoms with Gasteiger partial charge >= 0.3 is 0 Å². The van der Waals surface area contributed by atoms with Gasteiger partial charge in [0, 0.05) is 24.2 Å². The molecule has 1 saturated heterocycles. The highest BCUT2D eigenvalue weighted by Gasteiger charge is 2.37. The van der Waals surface area contributed by atoms with Gasteiger partial charge in [-0.05, 0) is 49.7 Å². The number of aryl methyl sites for hydroxylation is 1. The highest BCUT2D eigenvalue weighted by Crippen LogP contribution is 2.29. The number of Topliss-reactive ketones (excluding diaryl/α,β-unsaturated/α-hetero) is 1. The van der Waals surface area contributed by atoms with Gasteiger partial charge in [0.1, 0.15) is 5.82 Å². The van der Waals surface area contributed by atoms with Crippen LogP contribution in [-0.4, -0.2) is 18.2 Å². The summed E-state index contributed by atoms with van der Waals surface area (Å²) in [6.07, 6.45) is 0.848. The molecule has 1 aliphatic rings. The molecular weight excluding hydrogens is 293 g/mol. The van der Waals surface area contributed by atoms with Crippen LogP contribution in [0, 0.1) is 18.7 Å². The summed E-state index contributed by atoms with van der Waals surface area (Å²) in [6.45, 7) is 2.66. The Kier molecular flexibility index (Phi) is 4.24. The van der Waals surface area contributed by atoms with Gasteiger partial charge in [-0.3, -0.25) is 9.59 Å². The van der Waals surface area contributed by atoms with Crippen molar-refractivity contribution < 1.29 is 14.0 Å². The van der Waals surface area contributed by atoms with Gasteiger partial charge in [0.2, 0.25) is 5.91 Å². The summed E-state index contributed by atoms with van der Waals surface area (Å²) >= 11 is 0. The van der Waals surface area contributed by atoms with Gasteiger partial charge in [0.05, 0.1) is 5.92 Å². The molecule has 1 aliphatic heterocycles. The van der Waals surface area contributed by atoms with Crippen molar-refractivity contribution in [2.45, 2.75) is 19.8 Å². The first-order valence-electron chi connectivity index (χ1n) is 7.71. The number of rotatable bonds is 5. The molecule has 0 spiro atoms. The molecule has 0 saturated carbocycles. The van der Waals surface area contributed by atoms with Crippen molar-refractivity contribution in [2.75, 3.05) is 11.4 Å². The Balaban J connectivity index is 1.53. The maximum Gasteiger partial charge on any atom is 0.231 e. The molecule has 3 nitrogen and oxygen atoms in total. The van der Waals surface area contributed by atoms with E-state index in [1.807, 2.05) is 31.2 Å². The number of nitrogens with zero attached hydrogens (tertiary/aromatic N) is 1. The molecule has 1 atom stereocenters. The Morgan fingerprint density at radius 2 is 1.78 bits per heavy atom. The molecule has 2 aromatic carbocycles. The third-order valence-electron chi connectivity index (χ3n) is 4.25. The van der Waals surface area contributed by atoms with Crippen molar-refractivity contribution in [3.8, 4) is 0 Å². The summed E-state index contributed by atoms with van der Waals surface area (Å²) in [6, 6.07) is 13.4. The van der Waals surface area contributed by atoms with Crippen molar-refractivity contribution in [1.82, 2.24) is 0 Å². The zero-order chi connectivity index (χ0) is 16.4. The van der Waals surface area contributed by atoms with Gasteiger partial charge in [0.25, 0.3) is 0 Å². The van der Waals surface area contributed by atoms with Gasteiger partial charge in [-0.15, -0.1) is 0 Å². The van der Waals surface area contributed by atoms with Crippen LogP contribution in [0.4, 0.5) is 10.1 Å². The highest BCUT2D eigenvalue weighted by atomic mass is 19.1. The van der Waals surface area contributed by atoms with Gasteiger partial charge in [0.15, 0.2) is 5.78 Å². The fraction of sp³-hybridized carbons (Fsp3) is 0.263. The summed E-state index contributed by atoms with van der Waals surface area (Å²) < 4.78 is 12.8. The lowest BCUT2D eigenvalue weighted by Gasteiger charge is -2.38. The van der Waals surface area contributed by atoms with Gasteiger partial charge in [-0.1, -0.05) is 17.7 Å². The van der Waals surface area contributed by atoms with E-state index in [1.54, 1.807) is 4.90 Å². The molecule has 2 aromatic rings. The number of carbonyl (C=O) groups excluding carboxylic acids is 2. The predicted molar refractivity (Wildman–Crippen MR) is 87.0 cm³/mol. The van der Waals surface area contributed by atoms with E-state index in [0.29, 0.717) is 24.9 Å². The van der Waals surface area contributed by atoms with Crippen molar-refractivity contribution in [3.63, 3.8) is 0 Å². The lowest BCUT2D eigenvalue weighted by atomic mass is 9.90. The molecule has 4 heteroatoms. The Bertz CT molecular complexity index is 722. The monoisotopic (exact) mass is 311 g/mol. The van der Waals surface area contributed by atoms with Crippen molar-refractivity contribution in [2.24, 2.45) is 5.92 Å². The number of hydrogen-bond donors (Lipinski definition) is 0. The SMILES string of the molecule is Cc1ccc(N2CC(CCC(=O)c3ccc(F)cc3)C2=O)cc1. The summed E-state index contributed by atoms with van der Waals surface area (Å²) in [5.41, 5.74) is 2.55. The Hall–Kier alpha value is -2.49. The molecule has 1 unspecified atom stereocenters. The van der Waals surface area contributed by atoms with Crippen LogP contribution >= 0.6 is 0 Å². The van der Waals surface area contributed by atoms with E-state index in [-0.39, 0.29) is 23.4 Å². The topological polar surface area (TPSA) is 37.4 Å². The van der Waals surface area contributed by atoms with E-state index in [9.17, 15) is 14.0 Å². The van der Waals surface area contributed by atoms with Gasteiger partial charge in [-0.25, -0.2) is 4.39 Å². The fourth-order valence-electron chi connectivity index (χ4n) is 2.75. The van der Waals surface area contributed by atoms with E-state index >= 15 is 0 Å². The molecule has 118 valence electrons. The zero-order valence-electron chi connectivity index (χ0n) is 13.0. The molecule has 0 aliphatic carbocycles. The van der Waals surface area contributed by atoms with Crippen molar-refractivity contribution in [1.29, 1.82) is 0 Å². The molecular formula is C19H18FNO2. The largest absolute Gasteiger partial charge is 0.311 e. The Morgan fingerprint density at radius 3 is 2.39 bits per heavy atom. The number of hydrogen-bond acceptors (Lipinski definition) is 2. The van der Waals surface area contributed by atoms with Gasteiger partial charge < -0.3 is 4.90 Å². The van der Waals surface area contributed by atoms with Crippen LogP contribution in [0.2, 0.25) is 0 Å². The number of halogens is 1. The standard InChI is InChI=1S/C19H18FNO2/c1-13-2-9-17(10-3-13)21-12-15(19(21)23)6-11-18(22)14-4-7-16(20)8-5-14/h2-5,7-10,15H,6,11-12H2,1H3. The average molecular weight is 311 g/mol. The van der Waals surface area contributed by atoms with Crippen LogP contribution in [0.3, 0.4) is 0 Å². The van der Waals surface area contributed by atoms with Crippen molar-refractivity contribution in [3.05, 3.63) is 65.5 Å². The van der Waals surface area contributed by atoms with E-state index in [0.717, 1.165) is 11.3 Å². The van der Waals surface area contributed by atoms with Crippen molar-refractivity contribution >= 4 is 17.4 Å². The zero-order valence-corrected chi connectivity index (χ0v) is 13.0. The number of benzene rings is 2. The number of carbonyl (C=O) groups is 2. The molecule has 0 N–H and O–H groups in total. The third kappa shape index (κ3) is 3.31. The van der Waals surface area contributed by atoms with Crippen LogP contribution in [0.25, 0.3) is 0 Å². The fourth-order valence-corrected chi connectivity index (χ4v) is 2.75. The molecule has 1 amide bonds. The maximum atomic E-state index is 12.8. The smallest absolute Gasteiger partial charge is 0.231 e. The molecule has 0 aromatic heterocycles. The van der Waals surface area contributed by atoms with E-state index in [2.05, 4.69) is 0 Å². The predicted octanol–water partition coefficient (Wildman–Crippen LogP) is 3.76. The minimum atomic E-state index is -0.357. The summed E-state index contributed by atoms with van der Waals surface area (Å²) in [5.74, 6) is -0.433. The molecule has 1 fully saturated rings. The summed E-state index contributed by atoms with van der Waals surface area (Å²) in [5, 5.41) is 0. The summed E-state index contributed by atoms with van der Waals surface area (Å²) in [7, 11) is 0.